The minimum atomic E-state index is -0.492. The molecule has 0 unspecified atom stereocenters. The van der Waals surface area contributed by atoms with Crippen molar-refractivity contribution in [3.05, 3.63) is 60.4 Å². The molecule has 5 heteroatoms. The fraction of sp³-hybridized carbons (Fsp3) is 0.333. The van der Waals surface area contributed by atoms with Gasteiger partial charge in [0.2, 0.25) is 5.91 Å². The van der Waals surface area contributed by atoms with Gasteiger partial charge in [-0.05, 0) is 42.7 Å². The van der Waals surface area contributed by atoms with Crippen molar-refractivity contribution >= 4 is 22.6 Å². The molecule has 26 heavy (non-hydrogen) atoms. The van der Waals surface area contributed by atoms with E-state index < -0.39 is 5.41 Å². The predicted octanol–water partition coefficient (Wildman–Crippen LogP) is 3.79. The van der Waals surface area contributed by atoms with Crippen LogP contribution in [0.4, 0.5) is 5.69 Å². The molecule has 0 atom stereocenters. The third-order valence-electron chi connectivity index (χ3n) is 5.32. The Kier molecular flexibility index (Phi) is 5.38. The van der Waals surface area contributed by atoms with E-state index in [0.717, 1.165) is 41.7 Å². The summed E-state index contributed by atoms with van der Waals surface area (Å²) in [5.74, 6) is -0.00152. The van der Waals surface area contributed by atoms with Crippen molar-refractivity contribution in [2.45, 2.75) is 33.2 Å². The molecule has 1 amide bonds. The van der Waals surface area contributed by atoms with Crippen molar-refractivity contribution in [2.24, 2.45) is 11.1 Å². The minimum Gasteiger partial charge on any atom is -0.329 e. The SMILES string of the molecule is CCC(CC)(CN)C(=O)Nc1ccc(Cn2cnc3ccccc32)cc1. The normalized spacial score (nSPS) is 11.7. The smallest absolute Gasteiger partial charge is 0.231 e. The number of nitrogens with two attached hydrogens (primary N) is 1. The van der Waals surface area contributed by atoms with Gasteiger partial charge in [0.05, 0.1) is 22.8 Å². The summed E-state index contributed by atoms with van der Waals surface area (Å²) in [4.78, 5) is 17.0. The lowest BCUT2D eigenvalue weighted by Crippen LogP contribution is -2.41. The summed E-state index contributed by atoms with van der Waals surface area (Å²) in [5.41, 5.74) is 9.43. The van der Waals surface area contributed by atoms with E-state index in [1.165, 1.54) is 0 Å². The van der Waals surface area contributed by atoms with Crippen LogP contribution < -0.4 is 11.1 Å². The number of nitrogens with zero attached hydrogens (tertiary/aromatic N) is 2. The van der Waals surface area contributed by atoms with Crippen molar-refractivity contribution in [1.29, 1.82) is 0 Å². The number of amides is 1. The molecular weight excluding hydrogens is 324 g/mol. The number of hydrogen-bond donors (Lipinski definition) is 2. The van der Waals surface area contributed by atoms with Crippen LogP contribution in [0, 0.1) is 5.41 Å². The predicted molar refractivity (Wildman–Crippen MR) is 106 cm³/mol. The number of carbonyl (C=O) groups excluding carboxylic acids is 1. The summed E-state index contributed by atoms with van der Waals surface area (Å²) in [7, 11) is 0. The Labute approximate surface area is 154 Å². The molecule has 0 bridgehead atoms. The van der Waals surface area contributed by atoms with Gasteiger partial charge in [0.1, 0.15) is 0 Å². The van der Waals surface area contributed by atoms with Crippen LogP contribution in [0.2, 0.25) is 0 Å². The maximum atomic E-state index is 12.6. The van der Waals surface area contributed by atoms with Crippen LogP contribution in [0.1, 0.15) is 32.3 Å². The maximum absolute atomic E-state index is 12.6. The van der Waals surface area contributed by atoms with E-state index in [1.54, 1.807) is 0 Å². The highest BCUT2D eigenvalue weighted by atomic mass is 16.2. The average molecular weight is 350 g/mol. The number of nitrogens with one attached hydrogen (secondary N) is 1. The first-order chi connectivity index (χ1) is 12.6. The Morgan fingerprint density at radius 3 is 2.46 bits per heavy atom. The molecular formula is C21H26N4O. The van der Waals surface area contributed by atoms with Crippen LogP contribution in [0.25, 0.3) is 11.0 Å². The molecule has 0 radical (unpaired) electrons. The van der Waals surface area contributed by atoms with Crippen LogP contribution >= 0.6 is 0 Å². The summed E-state index contributed by atoms with van der Waals surface area (Å²) in [6.07, 6.45) is 3.33. The second-order valence-corrected chi connectivity index (χ2v) is 6.70. The molecule has 0 aliphatic heterocycles. The second-order valence-electron chi connectivity index (χ2n) is 6.70. The van der Waals surface area contributed by atoms with Gasteiger partial charge in [-0.1, -0.05) is 38.1 Å². The summed E-state index contributed by atoms with van der Waals surface area (Å²) in [5, 5.41) is 3.01. The van der Waals surface area contributed by atoms with Crippen LogP contribution in [-0.4, -0.2) is 22.0 Å². The Hall–Kier alpha value is -2.66. The zero-order chi connectivity index (χ0) is 18.6. The highest BCUT2D eigenvalue weighted by molar-refractivity contribution is 5.95. The molecule has 0 spiro atoms. The third-order valence-corrected chi connectivity index (χ3v) is 5.32. The summed E-state index contributed by atoms with van der Waals surface area (Å²) in [6, 6.07) is 16.0. The van der Waals surface area contributed by atoms with E-state index in [1.807, 2.05) is 62.6 Å². The van der Waals surface area contributed by atoms with Gasteiger partial charge in [-0.3, -0.25) is 4.79 Å². The Bertz CT molecular complexity index is 870. The van der Waals surface area contributed by atoms with Crippen molar-refractivity contribution in [3.8, 4) is 0 Å². The number of hydrogen-bond acceptors (Lipinski definition) is 3. The lowest BCUT2D eigenvalue weighted by Gasteiger charge is -2.28. The fourth-order valence-corrected chi connectivity index (χ4v) is 3.24. The molecule has 5 nitrogen and oxygen atoms in total. The quantitative estimate of drug-likeness (QED) is 0.681. The standard InChI is InChI=1S/C21H26N4O/c1-3-21(4-2,14-22)20(26)24-17-11-9-16(10-12-17)13-25-15-23-18-7-5-6-8-19(18)25/h5-12,15H,3-4,13-14,22H2,1-2H3,(H,24,26). The molecule has 0 fully saturated rings. The molecule has 3 aromatic rings. The van der Waals surface area contributed by atoms with Crippen LogP contribution in [0.5, 0.6) is 0 Å². The van der Waals surface area contributed by atoms with E-state index in [2.05, 4.69) is 20.9 Å². The van der Waals surface area contributed by atoms with Crippen LogP contribution in [-0.2, 0) is 11.3 Å². The van der Waals surface area contributed by atoms with Gasteiger partial charge in [0, 0.05) is 18.8 Å². The monoisotopic (exact) mass is 350 g/mol. The number of carbonyl (C=O) groups is 1. The Morgan fingerprint density at radius 2 is 1.81 bits per heavy atom. The Morgan fingerprint density at radius 1 is 1.12 bits per heavy atom. The number of para-hydroxylation sites is 2. The van der Waals surface area contributed by atoms with Gasteiger partial charge in [-0.15, -0.1) is 0 Å². The lowest BCUT2D eigenvalue weighted by atomic mass is 9.81. The molecule has 2 aromatic carbocycles. The number of benzene rings is 2. The van der Waals surface area contributed by atoms with Crippen molar-refractivity contribution in [3.63, 3.8) is 0 Å². The van der Waals surface area contributed by atoms with E-state index >= 15 is 0 Å². The number of rotatable bonds is 7. The van der Waals surface area contributed by atoms with E-state index in [9.17, 15) is 4.79 Å². The lowest BCUT2D eigenvalue weighted by molar-refractivity contribution is -0.125. The van der Waals surface area contributed by atoms with E-state index in [-0.39, 0.29) is 5.91 Å². The highest BCUT2D eigenvalue weighted by Gasteiger charge is 2.33. The van der Waals surface area contributed by atoms with Gasteiger partial charge < -0.3 is 15.6 Å². The van der Waals surface area contributed by atoms with Gasteiger partial charge in [0.25, 0.3) is 0 Å². The summed E-state index contributed by atoms with van der Waals surface area (Å²) < 4.78 is 2.12. The molecule has 1 aromatic heterocycles. The molecule has 1 heterocycles. The van der Waals surface area contributed by atoms with E-state index in [0.29, 0.717) is 6.54 Å². The van der Waals surface area contributed by atoms with E-state index in [4.69, 9.17) is 5.73 Å². The fourth-order valence-electron chi connectivity index (χ4n) is 3.24. The second kappa shape index (κ2) is 7.70. The van der Waals surface area contributed by atoms with Crippen LogP contribution in [0.15, 0.2) is 54.9 Å². The minimum absolute atomic E-state index is 0.00152. The molecule has 0 saturated heterocycles. The van der Waals surface area contributed by atoms with Gasteiger partial charge in [-0.2, -0.15) is 0 Å². The number of imidazole rings is 1. The largest absolute Gasteiger partial charge is 0.329 e. The molecule has 0 aliphatic carbocycles. The maximum Gasteiger partial charge on any atom is 0.231 e. The number of anilines is 1. The third kappa shape index (κ3) is 3.48. The highest BCUT2D eigenvalue weighted by Crippen LogP contribution is 2.27. The topological polar surface area (TPSA) is 72.9 Å². The Balaban J connectivity index is 1.71. The first-order valence-electron chi connectivity index (χ1n) is 9.12. The average Bonchev–Trinajstić information content (AvgIpc) is 3.08. The van der Waals surface area contributed by atoms with Crippen molar-refractivity contribution < 1.29 is 4.79 Å². The van der Waals surface area contributed by atoms with Gasteiger partial charge in [0.15, 0.2) is 0 Å². The van der Waals surface area contributed by atoms with Crippen molar-refractivity contribution in [1.82, 2.24) is 9.55 Å². The van der Waals surface area contributed by atoms with Gasteiger partial charge in [-0.25, -0.2) is 4.98 Å². The summed E-state index contributed by atoms with van der Waals surface area (Å²) in [6.45, 7) is 5.12. The van der Waals surface area contributed by atoms with Crippen molar-refractivity contribution in [2.75, 3.05) is 11.9 Å². The summed E-state index contributed by atoms with van der Waals surface area (Å²) >= 11 is 0. The molecule has 3 N–H and O–H groups in total. The molecule has 0 aliphatic rings. The molecule has 0 saturated carbocycles. The van der Waals surface area contributed by atoms with Gasteiger partial charge >= 0.3 is 0 Å². The zero-order valence-corrected chi connectivity index (χ0v) is 15.4. The first kappa shape index (κ1) is 18.1. The first-order valence-corrected chi connectivity index (χ1v) is 9.12. The number of aromatic nitrogens is 2. The molecule has 136 valence electrons. The molecule has 3 rings (SSSR count). The zero-order valence-electron chi connectivity index (χ0n) is 15.4. The van der Waals surface area contributed by atoms with Crippen LogP contribution in [0.3, 0.4) is 0 Å². The number of fused-ring (bicyclic) bond motifs is 1.